The van der Waals surface area contributed by atoms with Crippen molar-refractivity contribution in [3.8, 4) is 11.5 Å². The van der Waals surface area contributed by atoms with Crippen molar-refractivity contribution in [2.24, 2.45) is 0 Å². The van der Waals surface area contributed by atoms with Gasteiger partial charge in [0.05, 0.1) is 12.7 Å². The molecule has 0 spiro atoms. The van der Waals surface area contributed by atoms with Gasteiger partial charge >= 0.3 is 5.97 Å². The van der Waals surface area contributed by atoms with E-state index in [0.717, 1.165) is 0 Å². The maximum absolute atomic E-state index is 10.7. The Morgan fingerprint density at radius 3 is 2.69 bits per heavy atom. The van der Waals surface area contributed by atoms with Crippen LogP contribution in [0.5, 0.6) is 11.5 Å². The molecule has 5 nitrogen and oxygen atoms in total. The summed E-state index contributed by atoms with van der Waals surface area (Å²) in [6.45, 7) is 1.32. The lowest BCUT2D eigenvalue weighted by Crippen LogP contribution is -2.00. The number of phenolic OH excluding ortho intramolecular Hbond substituents is 1. The molecule has 0 radical (unpaired) electrons. The molecule has 1 aromatic rings. The summed E-state index contributed by atoms with van der Waals surface area (Å²) < 4.78 is 9.66. The number of phenols is 1. The lowest BCUT2D eigenvalue weighted by molar-refractivity contribution is -0.142. The maximum atomic E-state index is 10.7. The minimum atomic E-state index is -0.417. The average Bonchev–Trinajstić information content (AvgIpc) is 2.27. The number of aromatic hydroxyl groups is 1. The molecule has 1 rings (SSSR count). The fourth-order valence-corrected chi connectivity index (χ4v) is 1.20. The van der Waals surface area contributed by atoms with Gasteiger partial charge in [0.1, 0.15) is 6.61 Å². The molecule has 16 heavy (non-hydrogen) atoms. The van der Waals surface area contributed by atoms with E-state index < -0.39 is 5.97 Å². The summed E-state index contributed by atoms with van der Waals surface area (Å²) in [4.78, 5) is 21.3. The molecular formula is C11H12O5. The summed E-state index contributed by atoms with van der Waals surface area (Å²) in [6.07, 6.45) is 0.509. The molecule has 0 aromatic heterocycles. The van der Waals surface area contributed by atoms with E-state index in [1.165, 1.54) is 26.2 Å². The molecule has 0 aliphatic heterocycles. The Bertz CT molecular complexity index is 411. The Balaban J connectivity index is 3.02. The fraction of sp³-hybridized carbons (Fsp3) is 0.273. The highest BCUT2D eigenvalue weighted by Gasteiger charge is 2.10. The summed E-state index contributed by atoms with van der Waals surface area (Å²) in [5.41, 5.74) is 0.674. The van der Waals surface area contributed by atoms with Gasteiger partial charge in [-0.25, -0.2) is 0 Å². The first-order chi connectivity index (χ1) is 7.58. The highest BCUT2D eigenvalue weighted by Crippen LogP contribution is 2.30. The van der Waals surface area contributed by atoms with Crippen LogP contribution in [-0.2, 0) is 16.1 Å². The first-order valence-corrected chi connectivity index (χ1v) is 4.57. The van der Waals surface area contributed by atoms with Crippen molar-refractivity contribution < 1.29 is 24.2 Å². The van der Waals surface area contributed by atoms with Crippen LogP contribution in [0.25, 0.3) is 0 Å². The summed E-state index contributed by atoms with van der Waals surface area (Å²) in [7, 11) is 1.37. The van der Waals surface area contributed by atoms with Gasteiger partial charge in [0, 0.05) is 6.92 Å². The van der Waals surface area contributed by atoms with Gasteiger partial charge in [-0.2, -0.15) is 0 Å². The summed E-state index contributed by atoms with van der Waals surface area (Å²) >= 11 is 0. The molecule has 0 saturated heterocycles. The molecule has 1 aromatic carbocycles. The molecule has 1 N–H and O–H groups in total. The zero-order chi connectivity index (χ0) is 12.1. The number of carbonyl (C=O) groups is 2. The Labute approximate surface area is 92.6 Å². The van der Waals surface area contributed by atoms with Crippen LogP contribution in [0.3, 0.4) is 0 Å². The molecule has 86 valence electrons. The number of aldehydes is 1. The summed E-state index contributed by atoms with van der Waals surface area (Å²) in [5.74, 6) is -0.462. The van der Waals surface area contributed by atoms with E-state index in [2.05, 4.69) is 0 Å². The van der Waals surface area contributed by atoms with E-state index in [-0.39, 0.29) is 23.7 Å². The summed E-state index contributed by atoms with van der Waals surface area (Å²) in [6, 6.07) is 2.94. The van der Waals surface area contributed by atoms with E-state index >= 15 is 0 Å². The predicted molar refractivity (Wildman–Crippen MR) is 55.5 cm³/mol. The van der Waals surface area contributed by atoms with Crippen LogP contribution < -0.4 is 4.74 Å². The minimum Gasteiger partial charge on any atom is -0.504 e. The number of carbonyl (C=O) groups excluding carboxylic acids is 2. The van der Waals surface area contributed by atoms with E-state index in [1.807, 2.05) is 0 Å². The highest BCUT2D eigenvalue weighted by molar-refractivity contribution is 5.81. The number of esters is 1. The van der Waals surface area contributed by atoms with Crippen molar-refractivity contribution in [2.75, 3.05) is 7.11 Å². The lowest BCUT2D eigenvalue weighted by atomic mass is 10.1. The van der Waals surface area contributed by atoms with Crippen molar-refractivity contribution in [3.05, 3.63) is 23.3 Å². The smallest absolute Gasteiger partial charge is 0.302 e. The van der Waals surface area contributed by atoms with Crippen LogP contribution in [0.15, 0.2) is 12.1 Å². The second-order valence-electron chi connectivity index (χ2n) is 3.13. The zero-order valence-electron chi connectivity index (χ0n) is 9.02. The van der Waals surface area contributed by atoms with Crippen LogP contribution >= 0.6 is 0 Å². The highest BCUT2D eigenvalue weighted by atomic mass is 16.5. The molecule has 0 bridgehead atoms. The van der Waals surface area contributed by atoms with Crippen molar-refractivity contribution >= 4 is 12.3 Å². The molecule has 0 unspecified atom stereocenters. The Hall–Kier alpha value is -2.04. The standard InChI is InChI=1S/C11H12O5/c1-7(13)16-6-8-3-9(5-12)11(14)10(4-8)15-2/h3-5,14H,6H2,1-2H3. The molecule has 0 saturated carbocycles. The Morgan fingerprint density at radius 1 is 1.50 bits per heavy atom. The number of benzene rings is 1. The van der Waals surface area contributed by atoms with Crippen LogP contribution in [0.4, 0.5) is 0 Å². The van der Waals surface area contributed by atoms with Crippen LogP contribution in [-0.4, -0.2) is 24.5 Å². The van der Waals surface area contributed by atoms with Gasteiger partial charge in [-0.15, -0.1) is 0 Å². The normalized spacial score (nSPS) is 9.62. The molecule has 0 amide bonds. The molecule has 0 atom stereocenters. The molecular weight excluding hydrogens is 212 g/mol. The van der Waals surface area contributed by atoms with Crippen molar-refractivity contribution in [1.82, 2.24) is 0 Å². The molecule has 0 fully saturated rings. The van der Waals surface area contributed by atoms with Gasteiger partial charge in [-0.3, -0.25) is 9.59 Å². The minimum absolute atomic E-state index is 0.0345. The van der Waals surface area contributed by atoms with Gasteiger partial charge in [-0.1, -0.05) is 0 Å². The van der Waals surface area contributed by atoms with Crippen molar-refractivity contribution in [1.29, 1.82) is 0 Å². The second-order valence-corrected chi connectivity index (χ2v) is 3.13. The molecule has 5 heteroatoms. The predicted octanol–water partition coefficient (Wildman–Crippen LogP) is 1.28. The van der Waals surface area contributed by atoms with Gasteiger partial charge in [0.25, 0.3) is 0 Å². The zero-order valence-corrected chi connectivity index (χ0v) is 9.02. The third-order valence-corrected chi connectivity index (χ3v) is 1.95. The molecule has 0 aliphatic carbocycles. The van der Waals surface area contributed by atoms with E-state index in [0.29, 0.717) is 11.8 Å². The first-order valence-electron chi connectivity index (χ1n) is 4.57. The fourth-order valence-electron chi connectivity index (χ4n) is 1.20. The quantitative estimate of drug-likeness (QED) is 0.616. The molecule has 0 heterocycles. The number of ether oxygens (including phenoxy) is 2. The van der Waals surface area contributed by atoms with Gasteiger partial charge in [0.2, 0.25) is 0 Å². The van der Waals surface area contributed by atoms with Gasteiger partial charge in [0.15, 0.2) is 17.8 Å². The third kappa shape index (κ3) is 2.73. The van der Waals surface area contributed by atoms with Crippen molar-refractivity contribution in [3.63, 3.8) is 0 Å². The Kier molecular flexibility index (Phi) is 3.88. The monoisotopic (exact) mass is 224 g/mol. The van der Waals surface area contributed by atoms with Crippen molar-refractivity contribution in [2.45, 2.75) is 13.5 Å². The van der Waals surface area contributed by atoms with E-state index in [1.54, 1.807) is 0 Å². The lowest BCUT2D eigenvalue weighted by Gasteiger charge is -2.09. The number of rotatable bonds is 4. The van der Waals surface area contributed by atoms with Gasteiger partial charge < -0.3 is 14.6 Å². The van der Waals surface area contributed by atoms with Crippen LogP contribution in [0.1, 0.15) is 22.8 Å². The first kappa shape index (κ1) is 12.0. The topological polar surface area (TPSA) is 72.8 Å². The summed E-state index contributed by atoms with van der Waals surface area (Å²) in [5, 5.41) is 9.53. The molecule has 0 aliphatic rings. The largest absolute Gasteiger partial charge is 0.504 e. The van der Waals surface area contributed by atoms with E-state index in [4.69, 9.17) is 9.47 Å². The number of hydrogen-bond acceptors (Lipinski definition) is 5. The SMILES string of the molecule is COc1cc(COC(C)=O)cc(C=O)c1O. The second kappa shape index (κ2) is 5.16. The number of hydrogen-bond donors (Lipinski definition) is 1. The van der Waals surface area contributed by atoms with Crippen LogP contribution in [0, 0.1) is 0 Å². The Morgan fingerprint density at radius 2 is 2.19 bits per heavy atom. The van der Waals surface area contributed by atoms with Crippen LogP contribution in [0.2, 0.25) is 0 Å². The van der Waals surface area contributed by atoms with Gasteiger partial charge in [-0.05, 0) is 17.7 Å². The average molecular weight is 224 g/mol. The maximum Gasteiger partial charge on any atom is 0.302 e. The third-order valence-electron chi connectivity index (χ3n) is 1.95. The van der Waals surface area contributed by atoms with E-state index in [9.17, 15) is 14.7 Å². The number of methoxy groups -OCH3 is 1.